The van der Waals surface area contributed by atoms with Gasteiger partial charge in [-0.15, -0.1) is 0 Å². The third-order valence-corrected chi connectivity index (χ3v) is 1.99. The quantitative estimate of drug-likeness (QED) is 0.769. The molecule has 5 heteroatoms. The van der Waals surface area contributed by atoms with Gasteiger partial charge in [0, 0.05) is 5.69 Å². The molecule has 0 heterocycles. The Morgan fingerprint density at radius 1 is 1.56 bits per heavy atom. The van der Waals surface area contributed by atoms with Gasteiger partial charge < -0.3 is 15.8 Å². The maximum Gasteiger partial charge on any atom is 0.220 e. The van der Waals surface area contributed by atoms with Crippen LogP contribution in [0.4, 0.5) is 5.69 Å². The van der Waals surface area contributed by atoms with E-state index in [1.165, 1.54) is 0 Å². The molecular formula is C11H13N3O2. The Kier molecular flexibility index (Phi) is 4.16. The molecule has 0 spiro atoms. The standard InChI is InChI=1S/C11H13N3O2/c1-16-10-4-2-8(3-5-10)14-9(7-12)6-11(13)15/h2-5,9,14H,6H2,1H3,(H2,13,15). The summed E-state index contributed by atoms with van der Waals surface area (Å²) in [6, 6.07) is 8.43. The van der Waals surface area contributed by atoms with Crippen molar-refractivity contribution in [3.05, 3.63) is 24.3 Å². The molecule has 16 heavy (non-hydrogen) atoms. The molecule has 1 atom stereocenters. The molecule has 84 valence electrons. The van der Waals surface area contributed by atoms with Crippen LogP contribution in [0.5, 0.6) is 5.75 Å². The Hall–Kier alpha value is -2.22. The lowest BCUT2D eigenvalue weighted by Gasteiger charge is -2.11. The lowest BCUT2D eigenvalue weighted by molar-refractivity contribution is -0.118. The van der Waals surface area contributed by atoms with Gasteiger partial charge in [0.05, 0.1) is 19.6 Å². The summed E-state index contributed by atoms with van der Waals surface area (Å²) in [7, 11) is 1.58. The Labute approximate surface area is 93.8 Å². The Morgan fingerprint density at radius 2 is 2.19 bits per heavy atom. The number of carbonyl (C=O) groups is 1. The van der Waals surface area contributed by atoms with Crippen LogP contribution in [0.3, 0.4) is 0 Å². The van der Waals surface area contributed by atoms with Gasteiger partial charge in [0.2, 0.25) is 5.91 Å². The van der Waals surface area contributed by atoms with Crippen molar-refractivity contribution in [3.63, 3.8) is 0 Å². The first-order chi connectivity index (χ1) is 7.65. The SMILES string of the molecule is COc1ccc(NC(C#N)CC(N)=O)cc1. The summed E-state index contributed by atoms with van der Waals surface area (Å²) in [6.07, 6.45) is -0.0114. The van der Waals surface area contributed by atoms with Crippen LogP contribution >= 0.6 is 0 Å². The van der Waals surface area contributed by atoms with Crippen LogP contribution in [-0.4, -0.2) is 19.1 Å². The van der Waals surface area contributed by atoms with Crippen molar-refractivity contribution in [1.29, 1.82) is 5.26 Å². The summed E-state index contributed by atoms with van der Waals surface area (Å²) in [5.74, 6) is 0.224. The zero-order valence-corrected chi connectivity index (χ0v) is 8.93. The molecule has 0 aromatic heterocycles. The highest BCUT2D eigenvalue weighted by Crippen LogP contribution is 2.16. The molecule has 1 amide bonds. The number of nitrogens with two attached hydrogens (primary N) is 1. The second-order valence-corrected chi connectivity index (χ2v) is 3.22. The molecule has 1 aromatic carbocycles. The molecule has 0 saturated heterocycles. The van der Waals surface area contributed by atoms with E-state index in [-0.39, 0.29) is 6.42 Å². The number of methoxy groups -OCH3 is 1. The van der Waals surface area contributed by atoms with Crippen molar-refractivity contribution in [1.82, 2.24) is 0 Å². The fourth-order valence-corrected chi connectivity index (χ4v) is 1.22. The number of rotatable bonds is 5. The molecule has 1 unspecified atom stereocenters. The Balaban J connectivity index is 2.64. The van der Waals surface area contributed by atoms with Crippen molar-refractivity contribution >= 4 is 11.6 Å². The van der Waals surface area contributed by atoms with Gasteiger partial charge in [-0.05, 0) is 24.3 Å². The summed E-state index contributed by atoms with van der Waals surface area (Å²) >= 11 is 0. The summed E-state index contributed by atoms with van der Waals surface area (Å²) in [4.78, 5) is 10.7. The Bertz CT molecular complexity index is 395. The monoisotopic (exact) mass is 219 g/mol. The first-order valence-electron chi connectivity index (χ1n) is 4.74. The van der Waals surface area contributed by atoms with E-state index in [1.54, 1.807) is 31.4 Å². The van der Waals surface area contributed by atoms with Gasteiger partial charge in [-0.1, -0.05) is 0 Å². The second-order valence-electron chi connectivity index (χ2n) is 3.22. The average Bonchev–Trinajstić information content (AvgIpc) is 2.28. The number of benzene rings is 1. The molecule has 3 N–H and O–H groups in total. The molecule has 0 aliphatic carbocycles. The number of primary amides is 1. The topological polar surface area (TPSA) is 88.1 Å². The Morgan fingerprint density at radius 3 is 2.62 bits per heavy atom. The van der Waals surface area contributed by atoms with Crippen molar-refractivity contribution in [2.75, 3.05) is 12.4 Å². The molecule has 0 bridgehead atoms. The third-order valence-electron chi connectivity index (χ3n) is 1.99. The van der Waals surface area contributed by atoms with E-state index in [0.717, 1.165) is 11.4 Å². The van der Waals surface area contributed by atoms with E-state index in [4.69, 9.17) is 15.7 Å². The number of hydrogen-bond acceptors (Lipinski definition) is 4. The van der Waals surface area contributed by atoms with E-state index in [0.29, 0.717) is 0 Å². The van der Waals surface area contributed by atoms with E-state index in [2.05, 4.69) is 5.32 Å². The highest BCUT2D eigenvalue weighted by Gasteiger charge is 2.10. The first kappa shape index (κ1) is 11.9. The fourth-order valence-electron chi connectivity index (χ4n) is 1.22. The lowest BCUT2D eigenvalue weighted by atomic mass is 10.2. The zero-order valence-electron chi connectivity index (χ0n) is 8.93. The van der Waals surface area contributed by atoms with E-state index < -0.39 is 11.9 Å². The highest BCUT2D eigenvalue weighted by molar-refractivity contribution is 5.75. The van der Waals surface area contributed by atoms with Crippen molar-refractivity contribution in [3.8, 4) is 11.8 Å². The molecule has 0 aliphatic rings. The normalized spacial score (nSPS) is 11.2. The summed E-state index contributed by atoms with van der Waals surface area (Å²) in [5, 5.41) is 11.7. The van der Waals surface area contributed by atoms with E-state index in [1.807, 2.05) is 6.07 Å². The minimum atomic E-state index is -0.606. The minimum absolute atomic E-state index is 0.0114. The van der Waals surface area contributed by atoms with Gasteiger partial charge in [-0.3, -0.25) is 4.79 Å². The van der Waals surface area contributed by atoms with Gasteiger partial charge in [-0.2, -0.15) is 5.26 Å². The predicted octanol–water partition coefficient (Wildman–Crippen LogP) is 0.875. The van der Waals surface area contributed by atoms with Gasteiger partial charge in [-0.25, -0.2) is 0 Å². The summed E-state index contributed by atoms with van der Waals surface area (Å²) in [5.41, 5.74) is 5.76. The molecule has 1 rings (SSSR count). The number of nitrogens with one attached hydrogen (secondary N) is 1. The third kappa shape index (κ3) is 3.50. The molecule has 0 radical (unpaired) electrons. The smallest absolute Gasteiger partial charge is 0.220 e. The molecular weight excluding hydrogens is 206 g/mol. The maximum absolute atomic E-state index is 10.7. The van der Waals surface area contributed by atoms with Gasteiger partial charge in [0.15, 0.2) is 0 Å². The van der Waals surface area contributed by atoms with Gasteiger partial charge in [0.1, 0.15) is 11.8 Å². The average molecular weight is 219 g/mol. The second kappa shape index (κ2) is 5.61. The van der Waals surface area contributed by atoms with E-state index >= 15 is 0 Å². The lowest BCUT2D eigenvalue weighted by Crippen LogP contribution is -2.25. The summed E-state index contributed by atoms with van der Waals surface area (Å²) in [6.45, 7) is 0. The van der Waals surface area contributed by atoms with Crippen molar-refractivity contribution in [2.45, 2.75) is 12.5 Å². The number of hydrogen-bond donors (Lipinski definition) is 2. The van der Waals surface area contributed by atoms with Crippen LogP contribution in [0.1, 0.15) is 6.42 Å². The molecule has 1 aromatic rings. The summed E-state index contributed by atoms with van der Waals surface area (Å²) < 4.78 is 5.00. The number of nitriles is 1. The minimum Gasteiger partial charge on any atom is -0.497 e. The van der Waals surface area contributed by atoms with Crippen LogP contribution in [-0.2, 0) is 4.79 Å². The highest BCUT2D eigenvalue weighted by atomic mass is 16.5. The molecule has 0 aliphatic heterocycles. The maximum atomic E-state index is 10.7. The number of carbonyl (C=O) groups excluding carboxylic acids is 1. The fraction of sp³-hybridized carbons (Fsp3) is 0.273. The molecule has 5 nitrogen and oxygen atoms in total. The molecule has 0 fully saturated rings. The number of nitrogens with zero attached hydrogens (tertiary/aromatic N) is 1. The van der Waals surface area contributed by atoms with Crippen LogP contribution in [0, 0.1) is 11.3 Å². The molecule has 0 saturated carbocycles. The largest absolute Gasteiger partial charge is 0.497 e. The van der Waals surface area contributed by atoms with Crippen LogP contribution in [0.2, 0.25) is 0 Å². The van der Waals surface area contributed by atoms with Gasteiger partial charge >= 0.3 is 0 Å². The number of amides is 1. The number of ether oxygens (including phenoxy) is 1. The first-order valence-corrected chi connectivity index (χ1v) is 4.74. The van der Waals surface area contributed by atoms with Crippen molar-refractivity contribution in [2.24, 2.45) is 5.73 Å². The number of anilines is 1. The zero-order chi connectivity index (χ0) is 12.0. The van der Waals surface area contributed by atoms with Crippen LogP contribution < -0.4 is 15.8 Å². The van der Waals surface area contributed by atoms with E-state index in [9.17, 15) is 4.79 Å². The van der Waals surface area contributed by atoms with Crippen LogP contribution in [0.15, 0.2) is 24.3 Å². The van der Waals surface area contributed by atoms with Crippen LogP contribution in [0.25, 0.3) is 0 Å². The predicted molar refractivity (Wildman–Crippen MR) is 59.8 cm³/mol. The van der Waals surface area contributed by atoms with Gasteiger partial charge in [0.25, 0.3) is 0 Å². The van der Waals surface area contributed by atoms with Crippen molar-refractivity contribution < 1.29 is 9.53 Å².